The Morgan fingerprint density at radius 2 is 2.24 bits per heavy atom. The number of aromatic nitrogens is 3. The van der Waals surface area contributed by atoms with Crippen LogP contribution in [0.15, 0.2) is 18.5 Å². The standard InChI is InChI=1S/C17H20N4O3S/c1-4-24-16(23)15-11(2)19-17(25-15)21(13-6-7-13)14(22)8-5-12-9-18-20(3)10-12/h5,8-10,13H,4,6-7H2,1-3H3. The van der Waals surface area contributed by atoms with Crippen LogP contribution in [0, 0.1) is 6.92 Å². The second-order valence-corrected chi connectivity index (χ2v) is 6.83. The van der Waals surface area contributed by atoms with Gasteiger partial charge in [-0.05, 0) is 32.8 Å². The van der Waals surface area contributed by atoms with E-state index in [9.17, 15) is 9.59 Å². The van der Waals surface area contributed by atoms with Gasteiger partial charge in [0.1, 0.15) is 4.88 Å². The van der Waals surface area contributed by atoms with Crippen molar-refractivity contribution in [3.05, 3.63) is 34.6 Å². The largest absolute Gasteiger partial charge is 0.462 e. The summed E-state index contributed by atoms with van der Waals surface area (Å²) in [6.45, 7) is 3.83. The minimum atomic E-state index is -0.391. The van der Waals surface area contributed by atoms with Gasteiger partial charge in [0.05, 0.1) is 18.5 Å². The first-order valence-electron chi connectivity index (χ1n) is 8.14. The van der Waals surface area contributed by atoms with Crippen LogP contribution in [0.5, 0.6) is 0 Å². The zero-order chi connectivity index (χ0) is 18.0. The second-order valence-electron chi connectivity index (χ2n) is 5.85. The quantitative estimate of drug-likeness (QED) is 0.584. The number of nitrogens with zero attached hydrogens (tertiary/aromatic N) is 4. The smallest absolute Gasteiger partial charge is 0.350 e. The fraction of sp³-hybridized carbons (Fsp3) is 0.412. The van der Waals surface area contributed by atoms with E-state index in [1.54, 1.807) is 35.7 Å². The first kappa shape index (κ1) is 17.3. The highest BCUT2D eigenvalue weighted by Crippen LogP contribution is 2.36. The number of hydrogen-bond donors (Lipinski definition) is 0. The van der Waals surface area contributed by atoms with Gasteiger partial charge in [-0.15, -0.1) is 0 Å². The van der Waals surface area contributed by atoms with Crippen LogP contribution in [0.1, 0.15) is 40.7 Å². The molecule has 8 heteroatoms. The van der Waals surface area contributed by atoms with Gasteiger partial charge in [0.15, 0.2) is 5.13 Å². The molecule has 0 bridgehead atoms. The van der Waals surface area contributed by atoms with Crippen molar-refractivity contribution < 1.29 is 14.3 Å². The fourth-order valence-corrected chi connectivity index (χ4v) is 3.45. The van der Waals surface area contributed by atoms with E-state index >= 15 is 0 Å². The van der Waals surface area contributed by atoms with Crippen LogP contribution < -0.4 is 4.90 Å². The van der Waals surface area contributed by atoms with Gasteiger partial charge in [-0.2, -0.15) is 5.10 Å². The summed E-state index contributed by atoms with van der Waals surface area (Å²) in [6.07, 6.45) is 8.67. The third-order valence-electron chi connectivity index (χ3n) is 3.74. The van der Waals surface area contributed by atoms with E-state index in [0.29, 0.717) is 22.3 Å². The average Bonchev–Trinajstić information content (AvgIpc) is 3.19. The molecular weight excluding hydrogens is 340 g/mol. The van der Waals surface area contributed by atoms with E-state index in [4.69, 9.17) is 4.74 Å². The van der Waals surface area contributed by atoms with Crippen molar-refractivity contribution in [2.45, 2.75) is 32.7 Å². The molecule has 1 fully saturated rings. The molecule has 2 aromatic rings. The number of carbonyl (C=O) groups excluding carboxylic acids is 2. The molecule has 1 aliphatic rings. The fourth-order valence-electron chi connectivity index (χ4n) is 2.41. The topological polar surface area (TPSA) is 77.3 Å². The molecule has 2 heterocycles. The highest BCUT2D eigenvalue weighted by Gasteiger charge is 2.35. The van der Waals surface area contributed by atoms with Crippen molar-refractivity contribution in [1.29, 1.82) is 0 Å². The van der Waals surface area contributed by atoms with Gasteiger partial charge in [0, 0.05) is 30.9 Å². The maximum absolute atomic E-state index is 12.7. The first-order valence-corrected chi connectivity index (χ1v) is 8.95. The molecular formula is C17H20N4O3S. The zero-order valence-electron chi connectivity index (χ0n) is 14.4. The van der Waals surface area contributed by atoms with Crippen LogP contribution in [0.4, 0.5) is 5.13 Å². The van der Waals surface area contributed by atoms with Crippen LogP contribution in [0.2, 0.25) is 0 Å². The maximum Gasteiger partial charge on any atom is 0.350 e. The molecule has 25 heavy (non-hydrogen) atoms. The van der Waals surface area contributed by atoms with Crippen molar-refractivity contribution in [2.75, 3.05) is 11.5 Å². The lowest BCUT2D eigenvalue weighted by Crippen LogP contribution is -2.31. The molecule has 3 rings (SSSR count). The molecule has 1 aliphatic carbocycles. The number of carbonyl (C=O) groups is 2. The first-order chi connectivity index (χ1) is 12.0. The van der Waals surface area contributed by atoms with E-state index in [1.807, 2.05) is 13.2 Å². The number of esters is 1. The Morgan fingerprint density at radius 3 is 2.84 bits per heavy atom. The van der Waals surface area contributed by atoms with Gasteiger partial charge in [-0.1, -0.05) is 11.3 Å². The summed E-state index contributed by atoms with van der Waals surface area (Å²) in [5, 5.41) is 4.62. The van der Waals surface area contributed by atoms with Crippen LogP contribution in [0.3, 0.4) is 0 Å². The van der Waals surface area contributed by atoms with Crippen LogP contribution in [0.25, 0.3) is 6.08 Å². The summed E-state index contributed by atoms with van der Waals surface area (Å²) >= 11 is 1.21. The molecule has 132 valence electrons. The van der Waals surface area contributed by atoms with E-state index < -0.39 is 5.97 Å². The Labute approximate surface area is 149 Å². The average molecular weight is 360 g/mol. The molecule has 1 amide bonds. The number of ether oxygens (including phenoxy) is 1. The highest BCUT2D eigenvalue weighted by atomic mass is 32.1. The monoisotopic (exact) mass is 360 g/mol. The third-order valence-corrected chi connectivity index (χ3v) is 4.88. The van der Waals surface area contributed by atoms with E-state index in [1.165, 1.54) is 17.4 Å². The van der Waals surface area contributed by atoms with Crippen LogP contribution in [-0.2, 0) is 16.6 Å². The molecule has 0 spiro atoms. The Bertz CT molecular complexity index is 820. The van der Waals surface area contributed by atoms with Gasteiger partial charge in [-0.25, -0.2) is 9.78 Å². The Balaban J connectivity index is 1.81. The maximum atomic E-state index is 12.7. The van der Waals surface area contributed by atoms with Gasteiger partial charge >= 0.3 is 5.97 Å². The Kier molecular flexibility index (Phi) is 4.98. The lowest BCUT2D eigenvalue weighted by molar-refractivity contribution is -0.114. The number of aryl methyl sites for hydroxylation is 2. The predicted octanol–water partition coefficient (Wildman–Crippen LogP) is 2.57. The molecule has 1 saturated carbocycles. The van der Waals surface area contributed by atoms with Gasteiger partial charge in [0.25, 0.3) is 5.91 Å². The van der Waals surface area contributed by atoms with Crippen LogP contribution >= 0.6 is 11.3 Å². The number of thiazole rings is 1. The lowest BCUT2D eigenvalue weighted by atomic mass is 10.3. The van der Waals surface area contributed by atoms with E-state index in [-0.39, 0.29) is 11.9 Å². The summed E-state index contributed by atoms with van der Waals surface area (Å²) in [6, 6.07) is 0.145. The Morgan fingerprint density at radius 1 is 1.48 bits per heavy atom. The van der Waals surface area contributed by atoms with Gasteiger partial charge < -0.3 is 4.74 Å². The molecule has 0 atom stereocenters. The molecule has 0 radical (unpaired) electrons. The summed E-state index contributed by atoms with van der Waals surface area (Å²) in [5.74, 6) is -0.534. The van der Waals surface area contributed by atoms with Crippen LogP contribution in [-0.4, -0.2) is 39.3 Å². The van der Waals surface area contributed by atoms with E-state index in [2.05, 4.69) is 10.1 Å². The van der Waals surface area contributed by atoms with Crippen molar-refractivity contribution in [2.24, 2.45) is 7.05 Å². The predicted molar refractivity (Wildman–Crippen MR) is 95.6 cm³/mol. The van der Waals surface area contributed by atoms with Crippen molar-refractivity contribution >= 4 is 34.4 Å². The summed E-state index contributed by atoms with van der Waals surface area (Å²) in [5.41, 5.74) is 1.45. The minimum absolute atomic E-state index is 0.143. The lowest BCUT2D eigenvalue weighted by Gasteiger charge is -2.17. The van der Waals surface area contributed by atoms with Crippen molar-refractivity contribution in [3.63, 3.8) is 0 Å². The molecule has 0 aromatic carbocycles. The molecule has 0 N–H and O–H groups in total. The third kappa shape index (κ3) is 3.96. The molecule has 0 aliphatic heterocycles. The SMILES string of the molecule is CCOC(=O)c1sc(N(C(=O)C=Cc2cnn(C)c2)C2CC2)nc1C. The number of amides is 1. The number of rotatable bonds is 6. The summed E-state index contributed by atoms with van der Waals surface area (Å²) in [7, 11) is 1.82. The molecule has 7 nitrogen and oxygen atoms in total. The Hall–Kier alpha value is -2.48. The van der Waals surface area contributed by atoms with Gasteiger partial charge in [-0.3, -0.25) is 14.4 Å². The van der Waals surface area contributed by atoms with E-state index in [0.717, 1.165) is 18.4 Å². The normalized spacial score (nSPS) is 14.0. The number of hydrogen-bond acceptors (Lipinski definition) is 6. The second kappa shape index (κ2) is 7.18. The summed E-state index contributed by atoms with van der Waals surface area (Å²) in [4.78, 5) is 31.2. The molecule has 0 saturated heterocycles. The number of anilines is 1. The van der Waals surface area contributed by atoms with Crippen molar-refractivity contribution in [3.8, 4) is 0 Å². The molecule has 0 unspecified atom stereocenters. The zero-order valence-corrected chi connectivity index (χ0v) is 15.2. The minimum Gasteiger partial charge on any atom is -0.462 e. The van der Waals surface area contributed by atoms with Crippen molar-refractivity contribution in [1.82, 2.24) is 14.8 Å². The van der Waals surface area contributed by atoms with Gasteiger partial charge in [0.2, 0.25) is 0 Å². The highest BCUT2D eigenvalue weighted by molar-refractivity contribution is 7.17. The molecule has 2 aromatic heterocycles. The summed E-state index contributed by atoms with van der Waals surface area (Å²) < 4.78 is 6.73.